The number of anilines is 3. The molecule has 268 valence electrons. The van der Waals surface area contributed by atoms with E-state index in [-0.39, 0.29) is 0 Å². The van der Waals surface area contributed by atoms with E-state index >= 15 is 0 Å². The third kappa shape index (κ3) is 5.83. The van der Waals surface area contributed by atoms with Crippen molar-refractivity contribution in [2.24, 2.45) is 0 Å². The topological polar surface area (TPSA) is 42.4 Å². The lowest BCUT2D eigenvalue weighted by atomic mass is 9.99. The van der Waals surface area contributed by atoms with Crippen molar-refractivity contribution in [3.05, 3.63) is 206 Å². The maximum Gasteiger partial charge on any atom is 0.227 e. The zero-order valence-corrected chi connectivity index (χ0v) is 30.8. The Balaban J connectivity index is 0.989. The summed E-state index contributed by atoms with van der Waals surface area (Å²) in [5.41, 5.74) is 14.1. The molecule has 0 radical (unpaired) electrons. The van der Waals surface area contributed by atoms with Gasteiger partial charge in [0.05, 0.1) is 5.69 Å². The number of fused-ring (bicyclic) bond motifs is 5. The Kier molecular flexibility index (Phi) is 7.78. The highest BCUT2D eigenvalue weighted by Gasteiger charge is 2.19. The van der Waals surface area contributed by atoms with Gasteiger partial charge in [0.15, 0.2) is 5.58 Å². The molecule has 0 amide bonds. The van der Waals surface area contributed by atoms with E-state index in [1.807, 2.05) is 36.4 Å². The number of benzene rings is 9. The number of rotatable bonds is 7. The molecule has 0 aliphatic heterocycles. The third-order valence-electron chi connectivity index (χ3n) is 10.9. The molecule has 11 rings (SSSR count). The summed E-state index contributed by atoms with van der Waals surface area (Å²) in [7, 11) is 0. The van der Waals surface area contributed by atoms with Gasteiger partial charge in [0.2, 0.25) is 5.89 Å². The summed E-state index contributed by atoms with van der Waals surface area (Å²) in [6, 6.07) is 72.5. The summed E-state index contributed by atoms with van der Waals surface area (Å²) in [6.45, 7) is 0. The summed E-state index contributed by atoms with van der Waals surface area (Å²) < 4.78 is 12.8. The summed E-state index contributed by atoms with van der Waals surface area (Å²) in [5, 5.41) is 4.52. The number of nitrogens with zero attached hydrogens (tertiary/aromatic N) is 2. The molecule has 0 saturated carbocycles. The van der Waals surface area contributed by atoms with Crippen LogP contribution < -0.4 is 4.90 Å². The first-order valence-corrected chi connectivity index (χ1v) is 19.2. The Labute approximate surface area is 329 Å². The molecule has 0 N–H and O–H groups in total. The number of hydrogen-bond acceptors (Lipinski definition) is 4. The first kappa shape index (κ1) is 32.7. The number of furan rings is 1. The van der Waals surface area contributed by atoms with Crippen LogP contribution in [0.25, 0.3) is 88.6 Å². The second-order valence-electron chi connectivity index (χ2n) is 14.4. The normalized spacial score (nSPS) is 11.5. The molecule has 0 fully saturated rings. The van der Waals surface area contributed by atoms with Crippen LogP contribution in [0.1, 0.15) is 0 Å². The quantitative estimate of drug-likeness (QED) is 0.164. The number of hydrogen-bond donors (Lipinski definition) is 0. The standard InChI is InChI=1S/C53H34N2O2/c1-3-13-37(14-4-1)44-18-9-10-21-49(44)55(42-28-24-36(25-29-42)41-23-22-35-12-7-8-17-40(35)32-41)43-30-26-38(27-31-43)45-19-11-20-46-47-33-51-48(34-50(47)56-52(45)46)54-53(57-51)39-15-5-2-6-16-39/h1-34H. The minimum absolute atomic E-state index is 0.602. The largest absolute Gasteiger partial charge is 0.455 e. The molecule has 0 bridgehead atoms. The molecule has 0 unspecified atom stereocenters. The fourth-order valence-electron chi connectivity index (χ4n) is 8.07. The highest BCUT2D eigenvalue weighted by molar-refractivity contribution is 6.12. The molecule has 0 atom stereocenters. The maximum absolute atomic E-state index is 6.62. The first-order valence-electron chi connectivity index (χ1n) is 19.2. The van der Waals surface area contributed by atoms with Crippen molar-refractivity contribution < 1.29 is 8.83 Å². The maximum atomic E-state index is 6.62. The minimum Gasteiger partial charge on any atom is -0.455 e. The summed E-state index contributed by atoms with van der Waals surface area (Å²) in [6.07, 6.45) is 0. The van der Waals surface area contributed by atoms with Gasteiger partial charge >= 0.3 is 0 Å². The molecular weight excluding hydrogens is 697 g/mol. The molecule has 0 aliphatic carbocycles. The van der Waals surface area contributed by atoms with Crippen LogP contribution in [-0.4, -0.2) is 4.98 Å². The van der Waals surface area contributed by atoms with Crippen molar-refractivity contribution in [1.29, 1.82) is 0 Å². The minimum atomic E-state index is 0.602. The third-order valence-corrected chi connectivity index (χ3v) is 10.9. The molecule has 4 nitrogen and oxygen atoms in total. The number of aromatic nitrogens is 1. The van der Waals surface area contributed by atoms with E-state index in [9.17, 15) is 0 Å². The van der Waals surface area contributed by atoms with Crippen molar-refractivity contribution in [1.82, 2.24) is 4.98 Å². The average Bonchev–Trinajstić information content (AvgIpc) is 3.87. The van der Waals surface area contributed by atoms with Gasteiger partial charge in [0.1, 0.15) is 16.7 Å². The molecule has 2 aromatic heterocycles. The predicted molar refractivity (Wildman–Crippen MR) is 235 cm³/mol. The Morgan fingerprint density at radius 3 is 1.75 bits per heavy atom. The van der Waals surface area contributed by atoms with Crippen molar-refractivity contribution >= 4 is 60.9 Å². The Hall–Kier alpha value is -7.69. The molecule has 0 saturated heterocycles. The van der Waals surface area contributed by atoms with Crippen LogP contribution in [0.4, 0.5) is 17.1 Å². The highest BCUT2D eigenvalue weighted by Crippen LogP contribution is 2.43. The predicted octanol–water partition coefficient (Wildman–Crippen LogP) is 15.0. The highest BCUT2D eigenvalue weighted by atomic mass is 16.4. The zero-order valence-electron chi connectivity index (χ0n) is 30.8. The van der Waals surface area contributed by atoms with E-state index in [1.54, 1.807) is 0 Å². The fraction of sp³-hybridized carbons (Fsp3) is 0. The van der Waals surface area contributed by atoms with Gasteiger partial charge in [-0.3, -0.25) is 0 Å². The second-order valence-corrected chi connectivity index (χ2v) is 14.4. The van der Waals surface area contributed by atoms with Gasteiger partial charge in [-0.2, -0.15) is 0 Å². The first-order chi connectivity index (χ1) is 28.2. The molecule has 4 heteroatoms. The Morgan fingerprint density at radius 1 is 0.368 bits per heavy atom. The molecule has 9 aromatic carbocycles. The smallest absolute Gasteiger partial charge is 0.227 e. The summed E-state index contributed by atoms with van der Waals surface area (Å²) in [5.74, 6) is 0.602. The summed E-state index contributed by atoms with van der Waals surface area (Å²) in [4.78, 5) is 7.14. The molecule has 57 heavy (non-hydrogen) atoms. The Morgan fingerprint density at radius 2 is 0.982 bits per heavy atom. The van der Waals surface area contributed by atoms with Gasteiger partial charge in [-0.15, -0.1) is 0 Å². The van der Waals surface area contributed by atoms with Crippen LogP contribution >= 0.6 is 0 Å². The Bertz CT molecular complexity index is 3220. The molecular formula is C53H34N2O2. The summed E-state index contributed by atoms with van der Waals surface area (Å²) >= 11 is 0. The lowest BCUT2D eigenvalue weighted by Crippen LogP contribution is -2.11. The van der Waals surface area contributed by atoms with E-state index in [2.05, 4.69) is 175 Å². The van der Waals surface area contributed by atoms with Gasteiger partial charge in [0.25, 0.3) is 0 Å². The number of para-hydroxylation sites is 2. The molecule has 11 aromatic rings. The van der Waals surface area contributed by atoms with E-state index in [1.165, 1.54) is 21.9 Å². The van der Waals surface area contributed by atoms with Gasteiger partial charge in [-0.25, -0.2) is 4.98 Å². The molecule has 0 aliphatic rings. The van der Waals surface area contributed by atoms with Crippen LogP contribution in [0, 0.1) is 0 Å². The van der Waals surface area contributed by atoms with Crippen molar-refractivity contribution in [3.8, 4) is 44.8 Å². The van der Waals surface area contributed by atoms with Crippen LogP contribution in [0.5, 0.6) is 0 Å². The van der Waals surface area contributed by atoms with E-state index in [4.69, 9.17) is 13.8 Å². The van der Waals surface area contributed by atoms with E-state index in [0.717, 1.165) is 77.9 Å². The van der Waals surface area contributed by atoms with E-state index < -0.39 is 0 Å². The number of oxazole rings is 1. The SMILES string of the molecule is c1ccc(-c2nc3cc4oc5c(-c6ccc(N(c7ccc(-c8ccc9ccccc9c8)cc7)c7ccccc7-c7ccccc7)cc6)cccc5c4cc3o2)cc1. The lowest BCUT2D eigenvalue weighted by molar-refractivity contribution is 0.620. The second kappa shape index (κ2) is 13.6. The van der Waals surface area contributed by atoms with Crippen molar-refractivity contribution in [3.63, 3.8) is 0 Å². The average molecular weight is 731 g/mol. The molecule has 2 heterocycles. The monoisotopic (exact) mass is 730 g/mol. The van der Waals surface area contributed by atoms with Gasteiger partial charge in [0, 0.05) is 44.9 Å². The van der Waals surface area contributed by atoms with Gasteiger partial charge < -0.3 is 13.7 Å². The zero-order chi connectivity index (χ0) is 37.7. The van der Waals surface area contributed by atoms with Crippen molar-refractivity contribution in [2.75, 3.05) is 4.90 Å². The van der Waals surface area contributed by atoms with Gasteiger partial charge in [-0.05, 0) is 87.6 Å². The van der Waals surface area contributed by atoms with E-state index in [0.29, 0.717) is 5.89 Å². The lowest BCUT2D eigenvalue weighted by Gasteiger charge is -2.28. The van der Waals surface area contributed by atoms with Crippen LogP contribution in [0.2, 0.25) is 0 Å². The molecule has 0 spiro atoms. The van der Waals surface area contributed by atoms with Crippen LogP contribution in [-0.2, 0) is 0 Å². The van der Waals surface area contributed by atoms with Gasteiger partial charge in [-0.1, -0.05) is 146 Å². The van der Waals surface area contributed by atoms with Crippen LogP contribution in [0.15, 0.2) is 215 Å². The fourth-order valence-corrected chi connectivity index (χ4v) is 8.07. The van der Waals surface area contributed by atoms with Crippen LogP contribution in [0.3, 0.4) is 0 Å². The van der Waals surface area contributed by atoms with Crippen molar-refractivity contribution in [2.45, 2.75) is 0 Å².